The molecule has 0 rings (SSSR count). The standard InChI is InChI=1S/C23H52O5Si4/c1-12-29(13-2,14-3)26-32(21-25-23(24)22(10)11,27-30(15-4,16-5)17-6)28-31(18-7,19-8)20-9/h10,12-21H2,1-9,11H3. The molecular formula is C23H52O5Si4. The zero-order valence-electron chi connectivity index (χ0n) is 22.8. The molecule has 9 heteroatoms. The van der Waals surface area contributed by atoms with Crippen LogP contribution in [-0.2, 0) is 21.9 Å². The maximum absolute atomic E-state index is 12.5. The van der Waals surface area contributed by atoms with Crippen LogP contribution in [0.5, 0.6) is 0 Å². The molecule has 0 saturated carbocycles. The third-order valence-corrected chi connectivity index (χ3v) is 28.7. The Kier molecular flexibility index (Phi) is 14.4. The molecule has 0 radical (unpaired) electrons. The van der Waals surface area contributed by atoms with Crippen molar-refractivity contribution in [3.05, 3.63) is 12.2 Å². The van der Waals surface area contributed by atoms with Crippen molar-refractivity contribution in [3.8, 4) is 0 Å². The van der Waals surface area contributed by atoms with Gasteiger partial charge in [-0.3, -0.25) is 0 Å². The van der Waals surface area contributed by atoms with Crippen molar-refractivity contribution in [2.75, 3.05) is 6.23 Å². The first-order valence-electron chi connectivity index (χ1n) is 12.9. The Balaban J connectivity index is 6.74. The molecule has 0 aromatic rings. The molecule has 0 aliphatic rings. The van der Waals surface area contributed by atoms with Gasteiger partial charge in [0, 0.05) is 5.57 Å². The van der Waals surface area contributed by atoms with Gasteiger partial charge >= 0.3 is 14.8 Å². The molecule has 0 N–H and O–H groups in total. The average Bonchev–Trinajstić information content (AvgIpc) is 2.83. The molecule has 0 fully saturated rings. The summed E-state index contributed by atoms with van der Waals surface area (Å²) in [7, 11) is -9.56. The van der Waals surface area contributed by atoms with Crippen LogP contribution in [0.3, 0.4) is 0 Å². The van der Waals surface area contributed by atoms with E-state index in [4.69, 9.17) is 17.1 Å². The van der Waals surface area contributed by atoms with E-state index in [-0.39, 0.29) is 12.2 Å². The summed E-state index contributed by atoms with van der Waals surface area (Å²) in [6.07, 6.45) is 0.108. The van der Waals surface area contributed by atoms with Crippen LogP contribution in [0.4, 0.5) is 0 Å². The van der Waals surface area contributed by atoms with Gasteiger partial charge in [0.25, 0.3) is 0 Å². The molecule has 0 aliphatic carbocycles. The van der Waals surface area contributed by atoms with E-state index in [1.807, 2.05) is 0 Å². The molecule has 0 aromatic heterocycles. The SMILES string of the molecule is C=C(C)C(=O)OC[Si](O[Si](CC)(CC)CC)(O[Si](CC)(CC)CC)O[Si](CC)(CC)CC. The minimum atomic E-state index is -3.30. The molecule has 0 aromatic carbocycles. The Labute approximate surface area is 203 Å². The topological polar surface area (TPSA) is 54.0 Å². The Hall–Kier alpha value is -0.0425. The number of hydrogen-bond donors (Lipinski definition) is 0. The summed E-state index contributed by atoms with van der Waals surface area (Å²) < 4.78 is 27.5. The maximum Gasteiger partial charge on any atom is 0.509 e. The molecule has 190 valence electrons. The van der Waals surface area contributed by atoms with Crippen LogP contribution in [0.15, 0.2) is 12.2 Å². The Morgan fingerprint density at radius 3 is 1.03 bits per heavy atom. The second-order valence-electron chi connectivity index (χ2n) is 9.08. The van der Waals surface area contributed by atoms with Crippen LogP contribution >= 0.6 is 0 Å². The first-order valence-corrected chi connectivity index (χ1v) is 22.4. The molecule has 0 unspecified atom stereocenters. The summed E-state index contributed by atoms with van der Waals surface area (Å²) in [6.45, 7) is 25.5. The van der Waals surface area contributed by atoms with Gasteiger partial charge in [0.15, 0.2) is 31.2 Å². The minimum absolute atomic E-state index is 0.108. The Morgan fingerprint density at radius 1 is 0.594 bits per heavy atom. The largest absolute Gasteiger partial charge is 0.509 e. The highest BCUT2D eigenvalue weighted by Crippen LogP contribution is 2.37. The number of rotatable bonds is 18. The molecule has 5 nitrogen and oxygen atoms in total. The van der Waals surface area contributed by atoms with Crippen molar-refractivity contribution in [1.29, 1.82) is 0 Å². The fraction of sp³-hybridized carbons (Fsp3) is 0.870. The number of carbonyl (C=O) groups is 1. The van der Waals surface area contributed by atoms with Crippen molar-refractivity contribution in [2.24, 2.45) is 0 Å². The summed E-state index contributed by atoms with van der Waals surface area (Å²) in [5.74, 6) is -0.386. The molecule has 0 amide bonds. The van der Waals surface area contributed by atoms with Gasteiger partial charge in [0.1, 0.15) is 0 Å². The fourth-order valence-corrected chi connectivity index (χ4v) is 24.6. The highest BCUT2D eigenvalue weighted by molar-refractivity contribution is 6.92. The quantitative estimate of drug-likeness (QED) is 0.105. The molecular weight excluding hydrogens is 469 g/mol. The van der Waals surface area contributed by atoms with Crippen LogP contribution in [0, 0.1) is 0 Å². The highest BCUT2D eigenvalue weighted by Gasteiger charge is 2.56. The van der Waals surface area contributed by atoms with Crippen LogP contribution < -0.4 is 0 Å². The van der Waals surface area contributed by atoms with E-state index in [2.05, 4.69) is 68.9 Å². The van der Waals surface area contributed by atoms with Gasteiger partial charge in [-0.15, -0.1) is 0 Å². The second kappa shape index (κ2) is 14.4. The number of esters is 1. The van der Waals surface area contributed by atoms with E-state index in [1.165, 1.54) is 0 Å². The zero-order valence-corrected chi connectivity index (χ0v) is 26.8. The Bertz CT molecular complexity index is 493. The van der Waals surface area contributed by atoms with Gasteiger partial charge in [-0.1, -0.05) is 68.9 Å². The normalized spacial score (nSPS) is 13.3. The van der Waals surface area contributed by atoms with Gasteiger partial charge in [-0.25, -0.2) is 4.79 Å². The monoisotopic (exact) mass is 520 g/mol. The van der Waals surface area contributed by atoms with Gasteiger partial charge < -0.3 is 17.1 Å². The molecule has 32 heavy (non-hydrogen) atoms. The molecule has 0 atom stereocenters. The van der Waals surface area contributed by atoms with Crippen molar-refractivity contribution < 1.29 is 21.9 Å². The highest BCUT2D eigenvalue weighted by atomic mass is 28.5. The van der Waals surface area contributed by atoms with Crippen molar-refractivity contribution >= 4 is 39.7 Å². The first kappa shape index (κ1) is 32.0. The fourth-order valence-electron chi connectivity index (χ4n) is 4.32. The third kappa shape index (κ3) is 8.32. The van der Waals surface area contributed by atoms with Crippen molar-refractivity contribution in [1.82, 2.24) is 0 Å². The summed E-state index contributed by atoms with van der Waals surface area (Å²) in [5.41, 5.74) is 0.396. The van der Waals surface area contributed by atoms with E-state index >= 15 is 0 Å². The van der Waals surface area contributed by atoms with Gasteiger partial charge in [-0.05, 0) is 61.3 Å². The number of carbonyl (C=O) groups excluding carboxylic acids is 1. The third-order valence-electron chi connectivity index (χ3n) is 7.64. The van der Waals surface area contributed by atoms with Crippen LogP contribution in [-0.4, -0.2) is 46.0 Å². The molecule has 0 saturated heterocycles. The van der Waals surface area contributed by atoms with Crippen molar-refractivity contribution in [3.63, 3.8) is 0 Å². The van der Waals surface area contributed by atoms with E-state index < -0.39 is 33.8 Å². The van der Waals surface area contributed by atoms with Crippen LogP contribution in [0.1, 0.15) is 69.2 Å². The predicted molar refractivity (Wildman–Crippen MR) is 146 cm³/mol. The predicted octanol–water partition coefficient (Wildman–Crippen LogP) is 7.65. The van der Waals surface area contributed by atoms with Gasteiger partial charge in [0.2, 0.25) is 0 Å². The number of hydrogen-bond acceptors (Lipinski definition) is 5. The van der Waals surface area contributed by atoms with Crippen LogP contribution in [0.2, 0.25) is 54.4 Å². The maximum atomic E-state index is 12.5. The molecule has 0 aliphatic heterocycles. The summed E-state index contributed by atoms with van der Waals surface area (Å²) in [5, 5.41) is 0. The molecule has 0 bridgehead atoms. The zero-order chi connectivity index (χ0) is 25.1. The first-order chi connectivity index (χ1) is 15.0. The lowest BCUT2D eigenvalue weighted by Gasteiger charge is -2.47. The second-order valence-corrected chi connectivity index (χ2v) is 26.6. The Morgan fingerprint density at radius 2 is 0.844 bits per heavy atom. The van der Waals surface area contributed by atoms with E-state index in [0.717, 1.165) is 54.4 Å². The molecule has 0 heterocycles. The summed E-state index contributed by atoms with van der Waals surface area (Å²) >= 11 is 0. The van der Waals surface area contributed by atoms with E-state index in [0.29, 0.717) is 5.57 Å². The van der Waals surface area contributed by atoms with E-state index in [9.17, 15) is 4.79 Å². The van der Waals surface area contributed by atoms with Gasteiger partial charge in [0.05, 0.1) is 0 Å². The lowest BCUT2D eigenvalue weighted by atomic mass is 10.4. The van der Waals surface area contributed by atoms with E-state index in [1.54, 1.807) is 6.92 Å². The smallest absolute Gasteiger partial charge is 0.458 e. The van der Waals surface area contributed by atoms with Crippen LogP contribution in [0.25, 0.3) is 0 Å². The lowest BCUT2D eigenvalue weighted by molar-refractivity contribution is -0.138. The van der Waals surface area contributed by atoms with Crippen molar-refractivity contribution in [2.45, 2.75) is 124 Å². The summed E-state index contributed by atoms with van der Waals surface area (Å²) in [6, 6.07) is 9.07. The summed E-state index contributed by atoms with van der Waals surface area (Å²) in [4.78, 5) is 12.5. The molecule has 0 spiro atoms. The average molecular weight is 521 g/mol. The minimum Gasteiger partial charge on any atom is -0.458 e. The lowest BCUT2D eigenvalue weighted by Crippen LogP contribution is -2.66. The van der Waals surface area contributed by atoms with Gasteiger partial charge in [-0.2, -0.15) is 0 Å². The number of ether oxygens (including phenoxy) is 1.